The molecule has 1 aromatic carbocycles. The summed E-state index contributed by atoms with van der Waals surface area (Å²) in [5.41, 5.74) is 1.79. The molecule has 31 heavy (non-hydrogen) atoms. The van der Waals surface area contributed by atoms with Crippen molar-refractivity contribution in [1.82, 2.24) is 23.1 Å². The standard InChI is InChI=1S/C22H23N5O4/c1-6-13(3)27-19(28)17-18(24(5)22(27)30)23-21-25(17)12-14(4)26(21)16-10-8-15(9-11-16)20(29)31-7-2/h6,8-13H,1,7H2,2-5H3/t13-/m1/s1. The molecule has 0 amide bonds. The molecule has 0 spiro atoms. The molecule has 3 aromatic heterocycles. The number of fused-ring (bicyclic) bond motifs is 3. The molecule has 0 radical (unpaired) electrons. The first-order chi connectivity index (χ1) is 14.8. The number of esters is 1. The van der Waals surface area contributed by atoms with Gasteiger partial charge in [-0.25, -0.2) is 9.59 Å². The first-order valence-corrected chi connectivity index (χ1v) is 9.91. The van der Waals surface area contributed by atoms with Gasteiger partial charge in [0.2, 0.25) is 5.78 Å². The predicted octanol–water partition coefficient (Wildman–Crippen LogP) is 2.37. The van der Waals surface area contributed by atoms with E-state index in [-0.39, 0.29) is 5.97 Å². The van der Waals surface area contributed by atoms with Crippen LogP contribution in [0.4, 0.5) is 0 Å². The largest absolute Gasteiger partial charge is 0.462 e. The highest BCUT2D eigenvalue weighted by molar-refractivity contribution is 5.89. The third kappa shape index (κ3) is 3.00. The van der Waals surface area contributed by atoms with Crippen molar-refractivity contribution in [2.24, 2.45) is 7.05 Å². The average molecular weight is 421 g/mol. The van der Waals surface area contributed by atoms with Crippen molar-refractivity contribution in [2.75, 3.05) is 6.61 Å². The van der Waals surface area contributed by atoms with Gasteiger partial charge in [0.1, 0.15) is 0 Å². The lowest BCUT2D eigenvalue weighted by molar-refractivity contribution is 0.0526. The predicted molar refractivity (Wildman–Crippen MR) is 117 cm³/mol. The molecule has 9 nitrogen and oxygen atoms in total. The number of aromatic nitrogens is 5. The molecule has 0 aliphatic rings. The molecule has 4 aromatic rings. The van der Waals surface area contributed by atoms with Crippen LogP contribution < -0.4 is 11.2 Å². The van der Waals surface area contributed by atoms with Crippen LogP contribution in [0.2, 0.25) is 0 Å². The number of hydrogen-bond donors (Lipinski definition) is 0. The van der Waals surface area contributed by atoms with E-state index < -0.39 is 17.3 Å². The Morgan fingerprint density at radius 2 is 1.94 bits per heavy atom. The van der Waals surface area contributed by atoms with E-state index in [0.717, 1.165) is 11.4 Å². The minimum atomic E-state index is -0.459. The van der Waals surface area contributed by atoms with Crippen LogP contribution in [0.1, 0.15) is 35.9 Å². The van der Waals surface area contributed by atoms with E-state index in [1.54, 1.807) is 61.8 Å². The molecule has 0 fully saturated rings. The fourth-order valence-electron chi connectivity index (χ4n) is 3.72. The van der Waals surface area contributed by atoms with E-state index in [9.17, 15) is 14.4 Å². The zero-order valence-electron chi connectivity index (χ0n) is 17.8. The number of carbonyl (C=O) groups is 1. The van der Waals surface area contributed by atoms with Crippen molar-refractivity contribution < 1.29 is 9.53 Å². The van der Waals surface area contributed by atoms with Crippen LogP contribution >= 0.6 is 0 Å². The summed E-state index contributed by atoms with van der Waals surface area (Å²) in [7, 11) is 1.59. The molecule has 0 aliphatic carbocycles. The summed E-state index contributed by atoms with van der Waals surface area (Å²) in [5, 5.41) is 0. The smallest absolute Gasteiger partial charge is 0.338 e. The Bertz CT molecular complexity index is 1450. The van der Waals surface area contributed by atoms with Gasteiger partial charge in [-0.15, -0.1) is 6.58 Å². The van der Waals surface area contributed by atoms with Gasteiger partial charge in [-0.1, -0.05) is 6.08 Å². The second-order valence-corrected chi connectivity index (χ2v) is 7.32. The maximum atomic E-state index is 13.2. The van der Waals surface area contributed by atoms with Gasteiger partial charge in [-0.05, 0) is 45.0 Å². The summed E-state index contributed by atoms with van der Waals surface area (Å²) < 4.78 is 11.1. The van der Waals surface area contributed by atoms with E-state index in [1.807, 2.05) is 11.5 Å². The van der Waals surface area contributed by atoms with Gasteiger partial charge in [0, 0.05) is 24.6 Å². The van der Waals surface area contributed by atoms with Crippen molar-refractivity contribution in [3.63, 3.8) is 0 Å². The van der Waals surface area contributed by atoms with Crippen LogP contribution in [0.25, 0.3) is 22.6 Å². The van der Waals surface area contributed by atoms with Crippen molar-refractivity contribution in [3.05, 3.63) is 75.2 Å². The van der Waals surface area contributed by atoms with Gasteiger partial charge in [0.05, 0.1) is 18.2 Å². The zero-order chi connectivity index (χ0) is 22.4. The molecule has 0 saturated carbocycles. The van der Waals surface area contributed by atoms with E-state index in [4.69, 9.17) is 4.74 Å². The summed E-state index contributed by atoms with van der Waals surface area (Å²) in [6, 6.07) is 6.48. The Morgan fingerprint density at radius 1 is 1.26 bits per heavy atom. The van der Waals surface area contributed by atoms with E-state index in [2.05, 4.69) is 11.6 Å². The summed E-state index contributed by atoms with van der Waals surface area (Å²) in [4.78, 5) is 42.5. The van der Waals surface area contributed by atoms with Gasteiger partial charge in [0.25, 0.3) is 5.56 Å². The fourth-order valence-corrected chi connectivity index (χ4v) is 3.72. The lowest BCUT2D eigenvalue weighted by Gasteiger charge is -2.11. The van der Waals surface area contributed by atoms with Gasteiger partial charge in [0.15, 0.2) is 11.2 Å². The molecular formula is C22H23N5O4. The average Bonchev–Trinajstić information content (AvgIpc) is 3.27. The summed E-state index contributed by atoms with van der Waals surface area (Å²) in [6.07, 6.45) is 3.35. The summed E-state index contributed by atoms with van der Waals surface area (Å²) in [5.74, 6) is 0.106. The van der Waals surface area contributed by atoms with Crippen molar-refractivity contribution in [3.8, 4) is 5.69 Å². The van der Waals surface area contributed by atoms with Crippen molar-refractivity contribution >= 4 is 22.9 Å². The van der Waals surface area contributed by atoms with Gasteiger partial charge in [-0.3, -0.25) is 22.9 Å². The normalized spacial score (nSPS) is 12.4. The number of ether oxygens (including phenoxy) is 1. The quantitative estimate of drug-likeness (QED) is 0.364. The van der Waals surface area contributed by atoms with Gasteiger partial charge < -0.3 is 4.74 Å². The molecule has 1 atom stereocenters. The number of allylic oxidation sites excluding steroid dienone is 1. The zero-order valence-corrected chi connectivity index (χ0v) is 17.8. The number of rotatable bonds is 5. The molecular weight excluding hydrogens is 398 g/mol. The highest BCUT2D eigenvalue weighted by atomic mass is 16.5. The molecule has 0 saturated heterocycles. The Kier molecular flexibility index (Phi) is 4.88. The van der Waals surface area contributed by atoms with Crippen molar-refractivity contribution in [2.45, 2.75) is 26.8 Å². The molecule has 0 unspecified atom stereocenters. The third-order valence-electron chi connectivity index (χ3n) is 5.36. The molecule has 160 valence electrons. The number of benzene rings is 1. The molecule has 0 bridgehead atoms. The maximum absolute atomic E-state index is 13.2. The van der Waals surface area contributed by atoms with E-state index in [1.165, 1.54) is 9.13 Å². The minimum Gasteiger partial charge on any atom is -0.462 e. The Morgan fingerprint density at radius 3 is 2.55 bits per heavy atom. The molecule has 3 heterocycles. The highest BCUT2D eigenvalue weighted by Gasteiger charge is 2.22. The first kappa shape index (κ1) is 20.4. The van der Waals surface area contributed by atoms with Crippen LogP contribution in [0.5, 0.6) is 0 Å². The minimum absolute atomic E-state index is 0.300. The number of imidazole rings is 2. The van der Waals surface area contributed by atoms with E-state index >= 15 is 0 Å². The molecule has 0 N–H and O–H groups in total. The number of nitrogens with zero attached hydrogens (tertiary/aromatic N) is 5. The highest BCUT2D eigenvalue weighted by Crippen LogP contribution is 2.21. The monoisotopic (exact) mass is 421 g/mol. The summed E-state index contributed by atoms with van der Waals surface area (Å²) >= 11 is 0. The summed E-state index contributed by atoms with van der Waals surface area (Å²) in [6.45, 7) is 9.39. The Hall–Kier alpha value is -3.88. The number of hydrogen-bond acceptors (Lipinski definition) is 5. The van der Waals surface area contributed by atoms with Crippen LogP contribution in [0.15, 0.2) is 52.7 Å². The fraction of sp³-hybridized carbons (Fsp3) is 0.273. The topological polar surface area (TPSA) is 92.5 Å². The molecule has 9 heteroatoms. The molecule has 0 aliphatic heterocycles. The van der Waals surface area contributed by atoms with Crippen LogP contribution in [-0.2, 0) is 11.8 Å². The number of carbonyl (C=O) groups excluding carboxylic acids is 1. The SMILES string of the molecule is C=C[C@@H](C)n1c(=O)c2c(nc3n(-c4ccc(C(=O)OCC)cc4)c(C)cn23)n(C)c1=O. The lowest BCUT2D eigenvalue weighted by atomic mass is 10.2. The van der Waals surface area contributed by atoms with Crippen molar-refractivity contribution in [1.29, 1.82) is 0 Å². The third-order valence-corrected chi connectivity index (χ3v) is 5.36. The Balaban J connectivity index is 1.97. The second-order valence-electron chi connectivity index (χ2n) is 7.32. The lowest BCUT2D eigenvalue weighted by Crippen LogP contribution is -2.40. The van der Waals surface area contributed by atoms with Crippen LogP contribution in [0, 0.1) is 6.92 Å². The van der Waals surface area contributed by atoms with Gasteiger partial charge >= 0.3 is 11.7 Å². The van der Waals surface area contributed by atoms with Crippen LogP contribution in [0.3, 0.4) is 0 Å². The Labute approximate surface area is 177 Å². The first-order valence-electron chi connectivity index (χ1n) is 9.91. The molecule has 4 rings (SSSR count). The second kappa shape index (κ2) is 7.42. The number of aryl methyl sites for hydroxylation is 2. The van der Waals surface area contributed by atoms with Crippen LogP contribution in [-0.4, -0.2) is 35.7 Å². The van der Waals surface area contributed by atoms with E-state index in [0.29, 0.717) is 29.1 Å². The van der Waals surface area contributed by atoms with Gasteiger partial charge in [-0.2, -0.15) is 4.98 Å². The maximum Gasteiger partial charge on any atom is 0.338 e.